The molecule has 0 spiro atoms. The Balaban J connectivity index is 2.11. The lowest BCUT2D eigenvalue weighted by molar-refractivity contribution is 0.0600. The number of esters is 1. The second-order valence-corrected chi connectivity index (χ2v) is 6.03. The molecule has 0 aliphatic rings. The van der Waals surface area contributed by atoms with Gasteiger partial charge in [-0.1, -0.05) is 18.2 Å². The normalized spacial score (nSPS) is 10.8. The van der Waals surface area contributed by atoms with Gasteiger partial charge in [0.15, 0.2) is 0 Å². The molecule has 2 aromatic heterocycles. The topological polar surface area (TPSA) is 83.2 Å². The van der Waals surface area contributed by atoms with Gasteiger partial charge < -0.3 is 4.74 Å². The molecule has 4 aromatic rings. The Labute approximate surface area is 159 Å². The molecule has 2 heterocycles. The molecule has 0 N–H and O–H groups in total. The molecule has 0 fully saturated rings. The van der Waals surface area contributed by atoms with Gasteiger partial charge in [-0.25, -0.2) is 14.2 Å². The van der Waals surface area contributed by atoms with Crippen molar-refractivity contribution in [1.82, 2.24) is 14.1 Å². The maximum absolute atomic E-state index is 13.3. The Hall–Kier alpha value is -4.00. The standard InChI is InChI=1S/C21H15N3O4/c1-28-20(26)14-6-4-7-15(12-14)23-18-10-3-2-9-17(18)19(25)24(21(23)27)16-8-5-11-22-13-16/h2-13H,1H3. The molecular formula is C21H15N3O4. The van der Waals surface area contributed by atoms with Crippen LogP contribution in [-0.4, -0.2) is 27.2 Å². The largest absolute Gasteiger partial charge is 0.465 e. The van der Waals surface area contributed by atoms with Gasteiger partial charge in [0, 0.05) is 6.20 Å². The number of carbonyl (C=O) groups excluding carboxylic acids is 1. The average molecular weight is 373 g/mol. The number of fused-ring (bicyclic) bond motifs is 1. The van der Waals surface area contributed by atoms with E-state index < -0.39 is 17.2 Å². The van der Waals surface area contributed by atoms with Gasteiger partial charge in [-0.2, -0.15) is 0 Å². The number of methoxy groups -OCH3 is 1. The summed E-state index contributed by atoms with van der Waals surface area (Å²) in [5, 5.41) is 0.370. The summed E-state index contributed by atoms with van der Waals surface area (Å²) in [4.78, 5) is 42.3. The molecule has 0 amide bonds. The first-order valence-electron chi connectivity index (χ1n) is 8.48. The van der Waals surface area contributed by atoms with E-state index in [0.29, 0.717) is 27.8 Å². The fourth-order valence-electron chi connectivity index (χ4n) is 3.11. The van der Waals surface area contributed by atoms with E-state index in [1.807, 2.05) is 0 Å². The summed E-state index contributed by atoms with van der Waals surface area (Å²) in [6.07, 6.45) is 3.01. The van der Waals surface area contributed by atoms with Gasteiger partial charge >= 0.3 is 11.7 Å². The van der Waals surface area contributed by atoms with Crippen molar-refractivity contribution in [2.24, 2.45) is 0 Å². The lowest BCUT2D eigenvalue weighted by Gasteiger charge is -2.14. The zero-order valence-electron chi connectivity index (χ0n) is 14.9. The Morgan fingerprint density at radius 2 is 1.71 bits per heavy atom. The van der Waals surface area contributed by atoms with Crippen LogP contribution in [0.4, 0.5) is 0 Å². The number of carbonyl (C=O) groups is 1. The van der Waals surface area contributed by atoms with Crippen LogP contribution in [0.1, 0.15) is 10.4 Å². The molecule has 0 radical (unpaired) electrons. The van der Waals surface area contributed by atoms with Crippen LogP contribution in [0.3, 0.4) is 0 Å². The van der Waals surface area contributed by atoms with Crippen molar-refractivity contribution in [3.63, 3.8) is 0 Å². The van der Waals surface area contributed by atoms with Crippen molar-refractivity contribution in [3.05, 3.63) is 99.5 Å². The fourth-order valence-corrected chi connectivity index (χ4v) is 3.11. The minimum absolute atomic E-state index is 0.301. The zero-order valence-corrected chi connectivity index (χ0v) is 14.9. The molecule has 0 bridgehead atoms. The van der Waals surface area contributed by atoms with Crippen LogP contribution in [-0.2, 0) is 4.74 Å². The Bertz CT molecular complexity index is 1310. The van der Waals surface area contributed by atoms with Gasteiger partial charge in [0.2, 0.25) is 0 Å². The van der Waals surface area contributed by atoms with Crippen molar-refractivity contribution in [2.75, 3.05) is 7.11 Å². The number of ether oxygens (including phenoxy) is 1. The Kier molecular flexibility index (Phi) is 4.33. The van der Waals surface area contributed by atoms with E-state index in [1.54, 1.807) is 66.9 Å². The number of hydrogen-bond acceptors (Lipinski definition) is 5. The van der Waals surface area contributed by atoms with Gasteiger partial charge in [0.05, 0.1) is 41.1 Å². The minimum Gasteiger partial charge on any atom is -0.465 e. The predicted octanol–water partition coefficient (Wildman–Crippen LogP) is 2.32. The van der Waals surface area contributed by atoms with Crippen molar-refractivity contribution in [1.29, 1.82) is 0 Å². The molecule has 7 nitrogen and oxygen atoms in total. The summed E-state index contributed by atoms with van der Waals surface area (Å²) in [5.74, 6) is -0.514. The molecule has 7 heteroatoms. The third kappa shape index (κ3) is 2.79. The van der Waals surface area contributed by atoms with Crippen LogP contribution >= 0.6 is 0 Å². The predicted molar refractivity (Wildman–Crippen MR) is 104 cm³/mol. The molecular weight excluding hydrogens is 358 g/mol. The van der Waals surface area contributed by atoms with Crippen LogP contribution in [0.25, 0.3) is 22.3 Å². The fraction of sp³-hybridized carbons (Fsp3) is 0.0476. The first-order valence-corrected chi connectivity index (χ1v) is 8.48. The highest BCUT2D eigenvalue weighted by molar-refractivity contribution is 5.90. The lowest BCUT2D eigenvalue weighted by Crippen LogP contribution is -2.38. The summed E-state index contributed by atoms with van der Waals surface area (Å²) >= 11 is 0. The maximum Gasteiger partial charge on any atom is 0.340 e. The highest BCUT2D eigenvalue weighted by atomic mass is 16.5. The SMILES string of the molecule is COC(=O)c1cccc(-n2c(=O)n(-c3cccnc3)c(=O)c3ccccc32)c1. The number of nitrogens with zero attached hydrogens (tertiary/aromatic N) is 3. The first-order chi connectivity index (χ1) is 13.6. The highest BCUT2D eigenvalue weighted by Gasteiger charge is 2.16. The number of pyridine rings is 1. The summed E-state index contributed by atoms with van der Waals surface area (Å²) in [7, 11) is 1.29. The van der Waals surface area contributed by atoms with E-state index in [-0.39, 0.29) is 0 Å². The Morgan fingerprint density at radius 3 is 2.46 bits per heavy atom. The molecule has 0 aliphatic heterocycles. The van der Waals surface area contributed by atoms with Gasteiger partial charge in [0.25, 0.3) is 5.56 Å². The second-order valence-electron chi connectivity index (χ2n) is 6.03. The molecule has 28 heavy (non-hydrogen) atoms. The number of rotatable bonds is 3. The van der Waals surface area contributed by atoms with E-state index >= 15 is 0 Å². The van der Waals surface area contributed by atoms with Gasteiger partial charge in [-0.3, -0.25) is 14.3 Å². The zero-order chi connectivity index (χ0) is 19.7. The van der Waals surface area contributed by atoms with E-state index in [2.05, 4.69) is 4.98 Å². The molecule has 138 valence electrons. The number of para-hydroxylation sites is 1. The van der Waals surface area contributed by atoms with Crippen LogP contribution < -0.4 is 11.2 Å². The first kappa shape index (κ1) is 17.4. The molecule has 0 aliphatic carbocycles. The van der Waals surface area contributed by atoms with Crippen molar-refractivity contribution in [3.8, 4) is 11.4 Å². The summed E-state index contributed by atoms with van der Waals surface area (Å²) in [5.41, 5.74) is 0.560. The summed E-state index contributed by atoms with van der Waals surface area (Å²) in [6.45, 7) is 0. The van der Waals surface area contributed by atoms with E-state index in [4.69, 9.17) is 4.74 Å². The molecule has 0 saturated heterocycles. The summed E-state index contributed by atoms with van der Waals surface area (Å²) < 4.78 is 7.24. The monoisotopic (exact) mass is 373 g/mol. The third-order valence-electron chi connectivity index (χ3n) is 4.39. The van der Waals surface area contributed by atoms with E-state index in [0.717, 1.165) is 4.57 Å². The molecule has 2 aromatic carbocycles. The third-order valence-corrected chi connectivity index (χ3v) is 4.39. The van der Waals surface area contributed by atoms with Gasteiger partial charge in [0.1, 0.15) is 0 Å². The second kappa shape index (κ2) is 6.96. The summed E-state index contributed by atoms with van der Waals surface area (Å²) in [6, 6.07) is 16.6. The van der Waals surface area contributed by atoms with Crippen LogP contribution in [0.15, 0.2) is 82.6 Å². The lowest BCUT2D eigenvalue weighted by atomic mass is 10.1. The maximum atomic E-state index is 13.3. The van der Waals surface area contributed by atoms with Crippen molar-refractivity contribution in [2.45, 2.75) is 0 Å². The van der Waals surface area contributed by atoms with Gasteiger partial charge in [-0.15, -0.1) is 0 Å². The number of benzene rings is 2. The van der Waals surface area contributed by atoms with Crippen molar-refractivity contribution >= 4 is 16.9 Å². The highest BCUT2D eigenvalue weighted by Crippen LogP contribution is 2.16. The van der Waals surface area contributed by atoms with Crippen LogP contribution in [0.2, 0.25) is 0 Å². The molecule has 0 atom stereocenters. The molecule has 0 saturated carbocycles. The molecule has 4 rings (SSSR count). The van der Waals surface area contributed by atoms with E-state index in [1.165, 1.54) is 17.9 Å². The number of aromatic nitrogens is 3. The Morgan fingerprint density at radius 1 is 0.929 bits per heavy atom. The van der Waals surface area contributed by atoms with Crippen LogP contribution in [0, 0.1) is 0 Å². The number of hydrogen-bond donors (Lipinski definition) is 0. The minimum atomic E-state index is -0.557. The van der Waals surface area contributed by atoms with Gasteiger partial charge in [-0.05, 0) is 42.5 Å². The van der Waals surface area contributed by atoms with E-state index in [9.17, 15) is 14.4 Å². The average Bonchev–Trinajstić information content (AvgIpc) is 2.74. The molecule has 0 unspecified atom stereocenters. The quantitative estimate of drug-likeness (QED) is 0.515. The van der Waals surface area contributed by atoms with Crippen molar-refractivity contribution < 1.29 is 9.53 Å². The smallest absolute Gasteiger partial charge is 0.340 e. The van der Waals surface area contributed by atoms with Crippen LogP contribution in [0.5, 0.6) is 0 Å².